The summed E-state index contributed by atoms with van der Waals surface area (Å²) in [5, 5.41) is 0. The van der Waals surface area contributed by atoms with Crippen LogP contribution in [-0.2, 0) is 0 Å². The molecule has 0 spiro atoms. The lowest BCUT2D eigenvalue weighted by Crippen LogP contribution is -1.81. The van der Waals surface area contributed by atoms with Gasteiger partial charge in [-0.1, -0.05) is 60.2 Å². The third kappa shape index (κ3) is 2.29. The summed E-state index contributed by atoms with van der Waals surface area (Å²) in [7, 11) is 0. The lowest BCUT2D eigenvalue weighted by atomic mass is 10.1. The molecular weight excluding hydrogens is 232 g/mol. The molecule has 0 aliphatic heterocycles. The van der Waals surface area contributed by atoms with Gasteiger partial charge in [0.2, 0.25) is 0 Å². The molecule has 0 saturated carbocycles. The van der Waals surface area contributed by atoms with Crippen molar-refractivity contribution in [3.8, 4) is 22.6 Å². The predicted octanol–water partition coefficient (Wildman–Crippen LogP) is 4.36. The molecule has 0 bridgehead atoms. The monoisotopic (exact) mass is 248 g/mol. The van der Waals surface area contributed by atoms with E-state index in [1.165, 1.54) is 5.56 Å². The van der Waals surface area contributed by atoms with Crippen molar-refractivity contribution in [2.75, 3.05) is 0 Å². The molecule has 0 radical (unpaired) electrons. The van der Waals surface area contributed by atoms with Crippen LogP contribution in [0.1, 0.15) is 11.3 Å². The lowest BCUT2D eigenvalue weighted by Gasteiger charge is -1.99. The molecule has 2 aromatic carbocycles. The summed E-state index contributed by atoms with van der Waals surface area (Å²) in [4.78, 5) is 8.09. The molecule has 2 nitrogen and oxygen atoms in total. The Morgan fingerprint density at radius 3 is 2.16 bits per heavy atom. The summed E-state index contributed by atoms with van der Waals surface area (Å²) in [6.45, 7) is 4.16. The van der Waals surface area contributed by atoms with Crippen LogP contribution < -0.4 is 0 Å². The Hall–Kier alpha value is -2.35. The fourth-order valence-electron chi connectivity index (χ4n) is 2.19. The van der Waals surface area contributed by atoms with Gasteiger partial charge in [-0.15, -0.1) is 0 Å². The number of benzene rings is 2. The molecule has 1 heterocycles. The van der Waals surface area contributed by atoms with E-state index in [1.807, 2.05) is 18.2 Å². The highest BCUT2D eigenvalue weighted by Crippen LogP contribution is 2.25. The van der Waals surface area contributed by atoms with Gasteiger partial charge in [-0.3, -0.25) is 0 Å². The van der Waals surface area contributed by atoms with Crippen LogP contribution in [0.3, 0.4) is 0 Å². The van der Waals surface area contributed by atoms with Gasteiger partial charge in [0, 0.05) is 16.8 Å². The predicted molar refractivity (Wildman–Crippen MR) is 78.9 cm³/mol. The van der Waals surface area contributed by atoms with Crippen LogP contribution in [0.4, 0.5) is 0 Å². The van der Waals surface area contributed by atoms with Gasteiger partial charge in [0.15, 0.2) is 0 Å². The number of imidazole rings is 1. The first-order valence-corrected chi connectivity index (χ1v) is 6.43. The Bertz CT molecular complexity index is 679. The number of aryl methyl sites for hydroxylation is 2. The number of nitrogens with zero attached hydrogens (tertiary/aromatic N) is 1. The summed E-state index contributed by atoms with van der Waals surface area (Å²) in [6, 6.07) is 18.7. The Labute approximate surface area is 113 Å². The SMILES string of the molecule is Cc1ccc(-c2nc(-c3ccccc3)[nH]c2C)cc1. The van der Waals surface area contributed by atoms with E-state index in [-0.39, 0.29) is 0 Å². The molecule has 3 rings (SSSR count). The molecule has 0 unspecified atom stereocenters. The second kappa shape index (κ2) is 4.73. The number of H-pyrrole nitrogens is 1. The number of rotatable bonds is 2. The third-order valence-electron chi connectivity index (χ3n) is 3.26. The van der Waals surface area contributed by atoms with E-state index in [9.17, 15) is 0 Å². The molecule has 0 fully saturated rings. The molecule has 0 atom stereocenters. The van der Waals surface area contributed by atoms with Gasteiger partial charge in [0.05, 0.1) is 5.69 Å². The molecule has 1 N–H and O–H groups in total. The number of aromatic nitrogens is 2. The average molecular weight is 248 g/mol. The average Bonchev–Trinajstić information content (AvgIpc) is 2.83. The number of hydrogen-bond acceptors (Lipinski definition) is 1. The van der Waals surface area contributed by atoms with Crippen LogP contribution in [0.25, 0.3) is 22.6 Å². The second-order valence-corrected chi connectivity index (χ2v) is 4.79. The smallest absolute Gasteiger partial charge is 0.138 e. The fraction of sp³-hybridized carbons (Fsp3) is 0.118. The largest absolute Gasteiger partial charge is 0.342 e. The van der Waals surface area contributed by atoms with Gasteiger partial charge in [-0.05, 0) is 13.8 Å². The number of nitrogens with one attached hydrogen (secondary N) is 1. The van der Waals surface area contributed by atoms with Crippen molar-refractivity contribution < 1.29 is 0 Å². The zero-order chi connectivity index (χ0) is 13.2. The van der Waals surface area contributed by atoms with E-state index in [0.717, 1.165) is 28.3 Å². The first-order valence-electron chi connectivity index (χ1n) is 6.43. The molecule has 0 saturated heterocycles. The molecule has 1 aromatic heterocycles. The third-order valence-corrected chi connectivity index (χ3v) is 3.26. The van der Waals surface area contributed by atoms with Crippen molar-refractivity contribution in [1.29, 1.82) is 0 Å². The minimum atomic E-state index is 0.925. The zero-order valence-electron chi connectivity index (χ0n) is 11.1. The molecule has 3 aromatic rings. The van der Waals surface area contributed by atoms with Crippen LogP contribution in [0.15, 0.2) is 54.6 Å². The summed E-state index contributed by atoms with van der Waals surface area (Å²) in [5.41, 5.74) is 5.66. The summed E-state index contributed by atoms with van der Waals surface area (Å²) in [5.74, 6) is 0.925. The highest BCUT2D eigenvalue weighted by atomic mass is 14.9. The number of hydrogen-bond donors (Lipinski definition) is 1. The quantitative estimate of drug-likeness (QED) is 0.717. The fourth-order valence-corrected chi connectivity index (χ4v) is 2.19. The summed E-state index contributed by atoms with van der Waals surface area (Å²) < 4.78 is 0. The van der Waals surface area contributed by atoms with Gasteiger partial charge in [-0.25, -0.2) is 4.98 Å². The Morgan fingerprint density at radius 1 is 0.789 bits per heavy atom. The van der Waals surface area contributed by atoms with Crippen molar-refractivity contribution in [1.82, 2.24) is 9.97 Å². The van der Waals surface area contributed by atoms with Crippen LogP contribution >= 0.6 is 0 Å². The molecule has 19 heavy (non-hydrogen) atoms. The van der Waals surface area contributed by atoms with E-state index < -0.39 is 0 Å². The minimum Gasteiger partial charge on any atom is -0.342 e. The summed E-state index contributed by atoms with van der Waals surface area (Å²) >= 11 is 0. The van der Waals surface area contributed by atoms with E-state index in [4.69, 9.17) is 4.98 Å². The van der Waals surface area contributed by atoms with Gasteiger partial charge in [-0.2, -0.15) is 0 Å². The maximum absolute atomic E-state index is 4.72. The van der Waals surface area contributed by atoms with Gasteiger partial charge in [0.25, 0.3) is 0 Å². The summed E-state index contributed by atoms with van der Waals surface area (Å²) in [6.07, 6.45) is 0. The first-order chi connectivity index (χ1) is 9.24. The number of aromatic amines is 1. The topological polar surface area (TPSA) is 28.7 Å². The van der Waals surface area contributed by atoms with Crippen molar-refractivity contribution in [2.45, 2.75) is 13.8 Å². The molecule has 94 valence electrons. The first kappa shape index (κ1) is 11.7. The standard InChI is InChI=1S/C17H16N2/c1-12-8-10-14(11-9-12)16-13(2)18-17(19-16)15-6-4-3-5-7-15/h3-11H,1-2H3,(H,18,19). The maximum atomic E-state index is 4.72. The van der Waals surface area contributed by atoms with E-state index in [2.05, 4.69) is 55.2 Å². The molecule has 0 aliphatic carbocycles. The van der Waals surface area contributed by atoms with E-state index in [1.54, 1.807) is 0 Å². The second-order valence-electron chi connectivity index (χ2n) is 4.79. The maximum Gasteiger partial charge on any atom is 0.138 e. The molecule has 0 amide bonds. The molecular formula is C17H16N2. The highest BCUT2D eigenvalue weighted by Gasteiger charge is 2.09. The van der Waals surface area contributed by atoms with Crippen molar-refractivity contribution >= 4 is 0 Å². The minimum absolute atomic E-state index is 0.925. The molecule has 2 heteroatoms. The highest BCUT2D eigenvalue weighted by molar-refractivity contribution is 5.67. The van der Waals surface area contributed by atoms with Crippen LogP contribution in [0, 0.1) is 13.8 Å². The van der Waals surface area contributed by atoms with Crippen molar-refractivity contribution in [3.05, 3.63) is 65.9 Å². The normalized spacial score (nSPS) is 10.6. The van der Waals surface area contributed by atoms with Gasteiger partial charge >= 0.3 is 0 Å². The lowest BCUT2D eigenvalue weighted by molar-refractivity contribution is 1.26. The Kier molecular flexibility index (Phi) is 2.92. The van der Waals surface area contributed by atoms with Crippen molar-refractivity contribution in [3.63, 3.8) is 0 Å². The zero-order valence-corrected chi connectivity index (χ0v) is 11.1. The van der Waals surface area contributed by atoms with Crippen LogP contribution in [0.2, 0.25) is 0 Å². The molecule has 0 aliphatic rings. The van der Waals surface area contributed by atoms with Crippen LogP contribution in [0.5, 0.6) is 0 Å². The van der Waals surface area contributed by atoms with Crippen LogP contribution in [-0.4, -0.2) is 9.97 Å². The van der Waals surface area contributed by atoms with Gasteiger partial charge in [0.1, 0.15) is 5.82 Å². The Morgan fingerprint density at radius 2 is 1.47 bits per heavy atom. The van der Waals surface area contributed by atoms with E-state index in [0.29, 0.717) is 0 Å². The van der Waals surface area contributed by atoms with Gasteiger partial charge < -0.3 is 4.98 Å². The Balaban J connectivity index is 2.05. The van der Waals surface area contributed by atoms with E-state index >= 15 is 0 Å². The van der Waals surface area contributed by atoms with Crippen molar-refractivity contribution in [2.24, 2.45) is 0 Å².